The van der Waals surface area contributed by atoms with Crippen molar-refractivity contribution < 1.29 is 19.4 Å². The fourth-order valence-electron chi connectivity index (χ4n) is 2.70. The van der Waals surface area contributed by atoms with E-state index >= 15 is 0 Å². The first kappa shape index (κ1) is 17.4. The summed E-state index contributed by atoms with van der Waals surface area (Å²) in [4.78, 5) is 27.6. The summed E-state index contributed by atoms with van der Waals surface area (Å²) in [5.74, 6) is -1.72. The minimum Gasteiger partial charge on any atom is -0.545 e. The van der Waals surface area contributed by atoms with Crippen molar-refractivity contribution in [1.29, 1.82) is 0 Å². The number of hydrogen-bond donors (Lipinski definition) is 1. The zero-order valence-corrected chi connectivity index (χ0v) is 14.4. The van der Waals surface area contributed by atoms with E-state index in [1.807, 2.05) is 25.1 Å². The van der Waals surface area contributed by atoms with Crippen LogP contribution in [-0.2, 0) is 4.74 Å². The highest BCUT2D eigenvalue weighted by Gasteiger charge is 2.17. The smallest absolute Gasteiger partial charge is 0.341 e. The lowest BCUT2D eigenvalue weighted by Crippen LogP contribution is -2.21. The first-order chi connectivity index (χ1) is 12.5. The van der Waals surface area contributed by atoms with Crippen molar-refractivity contribution in [2.75, 3.05) is 11.9 Å². The Bertz CT molecular complexity index is 981. The predicted octanol–water partition coefficient (Wildman–Crippen LogP) is 2.83. The Balaban J connectivity index is 2.11. The fraction of sp³-hybridized carbons (Fsp3) is 0.150. The second kappa shape index (κ2) is 7.23. The number of carbonyl (C=O) groups excluding carboxylic acids is 2. The number of aromatic carboxylic acids is 1. The van der Waals surface area contributed by atoms with Crippen LogP contribution in [0.5, 0.6) is 0 Å². The third kappa shape index (κ3) is 3.35. The molecule has 2 aromatic carbocycles. The highest BCUT2D eigenvalue weighted by atomic mass is 16.5. The predicted molar refractivity (Wildman–Crippen MR) is 96.5 cm³/mol. The Morgan fingerprint density at radius 3 is 2.54 bits per heavy atom. The Labute approximate surface area is 150 Å². The van der Waals surface area contributed by atoms with Gasteiger partial charge in [0, 0.05) is 17.3 Å². The Morgan fingerprint density at radius 1 is 1.15 bits per heavy atom. The van der Waals surface area contributed by atoms with Gasteiger partial charge in [0.15, 0.2) is 0 Å². The number of fused-ring (bicyclic) bond motifs is 1. The van der Waals surface area contributed by atoms with Crippen LogP contribution in [0.1, 0.15) is 33.2 Å². The standard InChI is InChI=1S/C20H18N2O4/c1-3-26-20(25)16-11-21-17-12(2)5-4-6-15(17)18(16)22-14-9-7-13(8-10-14)19(23)24/h4-11H,3H2,1-2H3,(H,21,22)(H,23,24)/p-1. The zero-order chi connectivity index (χ0) is 18.7. The molecule has 0 radical (unpaired) electrons. The van der Waals surface area contributed by atoms with Gasteiger partial charge in [-0.1, -0.05) is 30.3 Å². The van der Waals surface area contributed by atoms with E-state index in [0.29, 0.717) is 16.9 Å². The van der Waals surface area contributed by atoms with E-state index in [1.54, 1.807) is 19.1 Å². The maximum atomic E-state index is 12.3. The molecule has 0 aliphatic rings. The molecular formula is C20H17N2O4-. The lowest BCUT2D eigenvalue weighted by molar-refractivity contribution is -0.255. The highest BCUT2D eigenvalue weighted by molar-refractivity contribution is 6.06. The molecule has 0 fully saturated rings. The molecule has 0 bridgehead atoms. The second-order valence-electron chi connectivity index (χ2n) is 5.73. The third-order valence-corrected chi connectivity index (χ3v) is 3.98. The molecule has 132 valence electrons. The van der Waals surface area contributed by atoms with Crippen LogP contribution in [0.3, 0.4) is 0 Å². The topological polar surface area (TPSA) is 91.3 Å². The Kier molecular flexibility index (Phi) is 4.84. The van der Waals surface area contributed by atoms with Crippen molar-refractivity contribution in [2.24, 2.45) is 0 Å². The fourth-order valence-corrected chi connectivity index (χ4v) is 2.70. The van der Waals surface area contributed by atoms with Gasteiger partial charge >= 0.3 is 5.97 Å². The normalized spacial score (nSPS) is 10.5. The first-order valence-corrected chi connectivity index (χ1v) is 8.15. The summed E-state index contributed by atoms with van der Waals surface area (Å²) in [6, 6.07) is 11.8. The summed E-state index contributed by atoms with van der Waals surface area (Å²) in [7, 11) is 0. The number of ether oxygens (including phenoxy) is 1. The Morgan fingerprint density at radius 2 is 1.88 bits per heavy atom. The van der Waals surface area contributed by atoms with Gasteiger partial charge in [0.2, 0.25) is 0 Å². The minimum absolute atomic E-state index is 0.0802. The molecule has 3 rings (SSSR count). The number of hydrogen-bond acceptors (Lipinski definition) is 6. The van der Waals surface area contributed by atoms with Crippen molar-refractivity contribution in [3.63, 3.8) is 0 Å². The molecule has 26 heavy (non-hydrogen) atoms. The molecule has 0 aliphatic heterocycles. The average molecular weight is 349 g/mol. The summed E-state index contributed by atoms with van der Waals surface area (Å²) in [6.07, 6.45) is 1.49. The van der Waals surface area contributed by atoms with Crippen LogP contribution in [0.4, 0.5) is 11.4 Å². The van der Waals surface area contributed by atoms with Gasteiger partial charge in [-0.2, -0.15) is 0 Å². The number of nitrogens with one attached hydrogen (secondary N) is 1. The van der Waals surface area contributed by atoms with Crippen LogP contribution in [0.15, 0.2) is 48.7 Å². The number of esters is 1. The van der Waals surface area contributed by atoms with Crippen molar-refractivity contribution in [1.82, 2.24) is 4.98 Å². The summed E-state index contributed by atoms with van der Waals surface area (Å²) >= 11 is 0. The summed E-state index contributed by atoms with van der Waals surface area (Å²) in [5.41, 5.74) is 3.35. The van der Waals surface area contributed by atoms with Crippen LogP contribution in [-0.4, -0.2) is 23.5 Å². The minimum atomic E-state index is -1.24. The molecule has 0 atom stereocenters. The monoisotopic (exact) mass is 349 g/mol. The van der Waals surface area contributed by atoms with Crippen LogP contribution in [0, 0.1) is 6.92 Å². The van der Waals surface area contributed by atoms with Crippen LogP contribution >= 0.6 is 0 Å². The summed E-state index contributed by atoms with van der Waals surface area (Å²) in [6.45, 7) is 3.94. The van der Waals surface area contributed by atoms with Crippen molar-refractivity contribution in [3.05, 3.63) is 65.4 Å². The maximum absolute atomic E-state index is 12.3. The average Bonchev–Trinajstić information content (AvgIpc) is 2.63. The van der Waals surface area contributed by atoms with Crippen molar-refractivity contribution >= 4 is 34.2 Å². The van der Waals surface area contributed by atoms with E-state index in [-0.39, 0.29) is 12.2 Å². The molecule has 6 heteroatoms. The number of aryl methyl sites for hydroxylation is 1. The summed E-state index contributed by atoms with van der Waals surface area (Å²) < 4.78 is 5.13. The summed E-state index contributed by atoms with van der Waals surface area (Å²) in [5, 5.41) is 14.9. The van der Waals surface area contributed by atoms with E-state index in [1.165, 1.54) is 18.3 Å². The van der Waals surface area contributed by atoms with Gasteiger partial charge in [0.1, 0.15) is 5.56 Å². The number of anilines is 2. The molecule has 6 nitrogen and oxygen atoms in total. The van der Waals surface area contributed by atoms with Gasteiger partial charge in [-0.05, 0) is 37.1 Å². The third-order valence-electron chi connectivity index (χ3n) is 3.98. The molecular weight excluding hydrogens is 332 g/mol. The quantitative estimate of drug-likeness (QED) is 0.712. The lowest BCUT2D eigenvalue weighted by atomic mass is 10.1. The second-order valence-corrected chi connectivity index (χ2v) is 5.73. The van der Waals surface area contributed by atoms with Crippen molar-refractivity contribution in [3.8, 4) is 0 Å². The molecule has 0 saturated carbocycles. The maximum Gasteiger partial charge on any atom is 0.341 e. The number of carboxylic acids is 1. The van der Waals surface area contributed by atoms with Gasteiger partial charge in [-0.3, -0.25) is 4.98 Å². The molecule has 0 spiro atoms. The number of aromatic nitrogens is 1. The number of carboxylic acid groups (broad SMARTS) is 1. The van der Waals surface area contributed by atoms with Crippen LogP contribution in [0.2, 0.25) is 0 Å². The Hall–Kier alpha value is -3.41. The molecule has 1 N–H and O–H groups in total. The number of rotatable bonds is 5. The van der Waals surface area contributed by atoms with Crippen LogP contribution < -0.4 is 10.4 Å². The number of pyridine rings is 1. The van der Waals surface area contributed by atoms with Gasteiger partial charge in [0.25, 0.3) is 0 Å². The van der Waals surface area contributed by atoms with E-state index in [9.17, 15) is 14.7 Å². The highest BCUT2D eigenvalue weighted by Crippen LogP contribution is 2.31. The van der Waals surface area contributed by atoms with Crippen molar-refractivity contribution in [2.45, 2.75) is 13.8 Å². The molecule has 1 aromatic heterocycles. The van der Waals surface area contributed by atoms with Crippen LogP contribution in [0.25, 0.3) is 10.9 Å². The lowest BCUT2D eigenvalue weighted by Gasteiger charge is -2.15. The van der Waals surface area contributed by atoms with Gasteiger partial charge in [-0.15, -0.1) is 0 Å². The molecule has 3 aromatic rings. The molecule has 1 heterocycles. The van der Waals surface area contributed by atoms with E-state index in [4.69, 9.17) is 4.74 Å². The number of benzene rings is 2. The number of carbonyl (C=O) groups is 2. The SMILES string of the molecule is CCOC(=O)c1cnc2c(C)cccc2c1Nc1ccc(C(=O)[O-])cc1. The molecule has 0 unspecified atom stereocenters. The van der Waals surface area contributed by atoms with E-state index in [0.717, 1.165) is 16.5 Å². The van der Waals surface area contributed by atoms with Gasteiger partial charge in [-0.25, -0.2) is 4.79 Å². The molecule has 0 aliphatic carbocycles. The number of nitrogens with zero attached hydrogens (tertiary/aromatic N) is 1. The van der Waals surface area contributed by atoms with Gasteiger partial charge in [0.05, 0.1) is 23.8 Å². The van der Waals surface area contributed by atoms with E-state index in [2.05, 4.69) is 10.3 Å². The molecule has 0 amide bonds. The largest absolute Gasteiger partial charge is 0.545 e. The van der Waals surface area contributed by atoms with E-state index < -0.39 is 11.9 Å². The number of para-hydroxylation sites is 1. The van der Waals surface area contributed by atoms with Gasteiger partial charge < -0.3 is 20.0 Å². The first-order valence-electron chi connectivity index (χ1n) is 8.15. The molecule has 0 saturated heterocycles. The zero-order valence-electron chi connectivity index (χ0n) is 14.4.